The molecule has 0 aliphatic rings. The minimum atomic E-state index is -0.249. The zero-order chi connectivity index (χ0) is 16.9. The quantitative estimate of drug-likeness (QED) is 0.643. The van der Waals surface area contributed by atoms with Crippen LogP contribution in [0.5, 0.6) is 0 Å². The van der Waals surface area contributed by atoms with Gasteiger partial charge in [-0.15, -0.1) is 0 Å². The summed E-state index contributed by atoms with van der Waals surface area (Å²) in [5, 5.41) is 6.77. The predicted molar refractivity (Wildman–Crippen MR) is 96.5 cm³/mol. The summed E-state index contributed by atoms with van der Waals surface area (Å²) in [7, 11) is 0. The zero-order valence-corrected chi connectivity index (χ0v) is 14.3. The smallest absolute Gasteiger partial charge is 0.315 e. The fourth-order valence-corrected chi connectivity index (χ4v) is 2.85. The van der Waals surface area contributed by atoms with Gasteiger partial charge in [0.05, 0.1) is 17.6 Å². The number of halogens is 2. The van der Waals surface area contributed by atoms with Crippen LogP contribution in [0, 0.1) is 0 Å². The van der Waals surface area contributed by atoms with Crippen LogP contribution in [0.3, 0.4) is 0 Å². The Morgan fingerprint density at radius 2 is 1.96 bits per heavy atom. The maximum absolute atomic E-state index is 11.8. The lowest BCUT2D eigenvalue weighted by Crippen LogP contribution is -2.36. The van der Waals surface area contributed by atoms with Crippen molar-refractivity contribution in [2.45, 2.75) is 13.0 Å². The molecule has 0 saturated heterocycles. The van der Waals surface area contributed by atoms with Crippen molar-refractivity contribution in [1.82, 2.24) is 20.6 Å². The molecule has 2 amide bonds. The number of carbonyl (C=O) groups excluding carboxylic acids is 1. The molecular formula is C17H16Cl2N4O. The second-order valence-corrected chi connectivity index (χ2v) is 6.14. The first-order chi connectivity index (χ1) is 11.6. The number of nitrogens with zero attached hydrogens (tertiary/aromatic N) is 1. The molecule has 7 heteroatoms. The van der Waals surface area contributed by atoms with E-state index >= 15 is 0 Å². The number of hydrogen-bond donors (Lipinski definition) is 3. The molecule has 0 radical (unpaired) electrons. The third-order valence-electron chi connectivity index (χ3n) is 3.55. The predicted octanol–water partition coefficient (Wildman–Crippen LogP) is 3.91. The number of para-hydroxylation sites is 2. The summed E-state index contributed by atoms with van der Waals surface area (Å²) < 4.78 is 0. The minimum absolute atomic E-state index is 0.249. The van der Waals surface area contributed by atoms with Crippen LogP contribution in [0.15, 0.2) is 42.5 Å². The van der Waals surface area contributed by atoms with Gasteiger partial charge in [0, 0.05) is 16.6 Å². The van der Waals surface area contributed by atoms with Crippen LogP contribution in [0.1, 0.15) is 11.4 Å². The van der Waals surface area contributed by atoms with E-state index in [0.29, 0.717) is 35.4 Å². The Labute approximate surface area is 149 Å². The van der Waals surface area contributed by atoms with E-state index in [1.165, 1.54) is 0 Å². The van der Waals surface area contributed by atoms with Gasteiger partial charge in [0.1, 0.15) is 5.82 Å². The molecule has 0 aliphatic carbocycles. The molecule has 24 heavy (non-hydrogen) atoms. The average Bonchev–Trinajstić information content (AvgIpc) is 2.98. The highest BCUT2D eigenvalue weighted by Gasteiger charge is 2.06. The molecule has 1 heterocycles. The molecule has 3 N–H and O–H groups in total. The van der Waals surface area contributed by atoms with E-state index < -0.39 is 0 Å². The lowest BCUT2D eigenvalue weighted by atomic mass is 10.1. The number of imidazole rings is 1. The van der Waals surface area contributed by atoms with E-state index in [2.05, 4.69) is 20.6 Å². The Morgan fingerprint density at radius 1 is 1.12 bits per heavy atom. The van der Waals surface area contributed by atoms with Gasteiger partial charge in [0.25, 0.3) is 0 Å². The molecule has 124 valence electrons. The zero-order valence-electron chi connectivity index (χ0n) is 12.8. The third kappa shape index (κ3) is 4.19. The van der Waals surface area contributed by atoms with Crippen molar-refractivity contribution in [3.8, 4) is 0 Å². The summed E-state index contributed by atoms with van der Waals surface area (Å²) in [6, 6.07) is 12.8. The van der Waals surface area contributed by atoms with E-state index in [1.807, 2.05) is 30.3 Å². The number of aromatic nitrogens is 2. The summed E-state index contributed by atoms with van der Waals surface area (Å²) in [6.07, 6.45) is 0.633. The van der Waals surface area contributed by atoms with Crippen molar-refractivity contribution >= 4 is 40.3 Å². The van der Waals surface area contributed by atoms with E-state index in [9.17, 15) is 4.79 Å². The van der Waals surface area contributed by atoms with Gasteiger partial charge < -0.3 is 15.6 Å². The molecule has 0 bridgehead atoms. The van der Waals surface area contributed by atoms with Gasteiger partial charge in [0.15, 0.2) is 0 Å². The minimum Gasteiger partial charge on any atom is -0.340 e. The molecule has 0 fully saturated rings. The van der Waals surface area contributed by atoms with Crippen LogP contribution in [0.2, 0.25) is 10.0 Å². The molecule has 1 aromatic heterocycles. The Bertz CT molecular complexity index is 830. The van der Waals surface area contributed by atoms with Crippen molar-refractivity contribution in [1.29, 1.82) is 0 Å². The topological polar surface area (TPSA) is 69.8 Å². The first-order valence-electron chi connectivity index (χ1n) is 7.51. The molecule has 0 aliphatic heterocycles. The van der Waals surface area contributed by atoms with Crippen molar-refractivity contribution in [2.75, 3.05) is 6.54 Å². The summed E-state index contributed by atoms with van der Waals surface area (Å²) in [4.78, 5) is 19.4. The van der Waals surface area contributed by atoms with Crippen LogP contribution in [0.25, 0.3) is 11.0 Å². The van der Waals surface area contributed by atoms with Gasteiger partial charge in [-0.05, 0) is 36.2 Å². The maximum Gasteiger partial charge on any atom is 0.315 e. The Morgan fingerprint density at radius 3 is 2.75 bits per heavy atom. The second-order valence-electron chi connectivity index (χ2n) is 5.30. The molecule has 0 unspecified atom stereocenters. The number of rotatable bonds is 5. The molecule has 3 rings (SSSR count). The number of urea groups is 1. The summed E-state index contributed by atoms with van der Waals surface area (Å²) in [5.41, 5.74) is 2.78. The number of hydrogen-bond acceptors (Lipinski definition) is 2. The fourth-order valence-electron chi connectivity index (χ4n) is 2.35. The van der Waals surface area contributed by atoms with Gasteiger partial charge in [-0.2, -0.15) is 0 Å². The van der Waals surface area contributed by atoms with Crippen LogP contribution >= 0.6 is 23.2 Å². The lowest BCUT2D eigenvalue weighted by molar-refractivity contribution is 0.240. The highest BCUT2D eigenvalue weighted by atomic mass is 35.5. The highest BCUT2D eigenvalue weighted by molar-refractivity contribution is 6.35. The lowest BCUT2D eigenvalue weighted by Gasteiger charge is -2.08. The second kappa shape index (κ2) is 7.55. The number of carbonyl (C=O) groups is 1. The molecule has 0 atom stereocenters. The van der Waals surface area contributed by atoms with Gasteiger partial charge >= 0.3 is 6.03 Å². The van der Waals surface area contributed by atoms with Crippen LogP contribution in [-0.2, 0) is 13.0 Å². The number of fused-ring (bicyclic) bond motifs is 1. The van der Waals surface area contributed by atoms with E-state index in [4.69, 9.17) is 23.2 Å². The Hall–Kier alpha value is -2.24. The van der Waals surface area contributed by atoms with E-state index in [1.54, 1.807) is 12.1 Å². The van der Waals surface area contributed by atoms with Crippen LogP contribution in [-0.4, -0.2) is 22.5 Å². The van der Waals surface area contributed by atoms with Crippen molar-refractivity contribution in [2.24, 2.45) is 0 Å². The monoisotopic (exact) mass is 362 g/mol. The van der Waals surface area contributed by atoms with Gasteiger partial charge in [0.2, 0.25) is 0 Å². The number of nitrogens with one attached hydrogen (secondary N) is 3. The van der Waals surface area contributed by atoms with Gasteiger partial charge in [-0.3, -0.25) is 0 Å². The standard InChI is InChI=1S/C17H16Cl2N4O/c18-12-6-5-11(13(19)9-12)7-8-20-17(24)21-10-16-22-14-3-1-2-4-15(14)23-16/h1-6,9H,7-8,10H2,(H,22,23)(H2,20,21,24). The average molecular weight is 363 g/mol. The maximum atomic E-state index is 11.8. The first-order valence-corrected chi connectivity index (χ1v) is 8.26. The number of benzene rings is 2. The van der Waals surface area contributed by atoms with Crippen molar-refractivity contribution in [3.63, 3.8) is 0 Å². The van der Waals surface area contributed by atoms with Crippen LogP contribution < -0.4 is 10.6 Å². The summed E-state index contributed by atoms with van der Waals surface area (Å²) in [6.45, 7) is 0.815. The van der Waals surface area contributed by atoms with Gasteiger partial charge in [-0.25, -0.2) is 9.78 Å². The Balaban J connectivity index is 1.45. The molecule has 3 aromatic rings. The largest absolute Gasteiger partial charge is 0.340 e. The first kappa shape index (κ1) is 16.6. The molecule has 5 nitrogen and oxygen atoms in total. The van der Waals surface area contributed by atoms with Gasteiger partial charge in [-0.1, -0.05) is 41.4 Å². The highest BCUT2D eigenvalue weighted by Crippen LogP contribution is 2.21. The summed E-state index contributed by atoms with van der Waals surface area (Å²) >= 11 is 12.0. The SMILES string of the molecule is O=C(NCCc1ccc(Cl)cc1Cl)NCc1nc2ccccc2[nH]1. The molecule has 0 saturated carbocycles. The molecule has 0 spiro atoms. The van der Waals surface area contributed by atoms with Crippen molar-refractivity contribution < 1.29 is 4.79 Å². The molecular weight excluding hydrogens is 347 g/mol. The number of aromatic amines is 1. The number of H-pyrrole nitrogens is 1. The summed E-state index contributed by atoms with van der Waals surface area (Å²) in [5.74, 6) is 0.715. The van der Waals surface area contributed by atoms with Crippen molar-refractivity contribution in [3.05, 3.63) is 63.9 Å². The fraction of sp³-hybridized carbons (Fsp3) is 0.176. The van der Waals surface area contributed by atoms with E-state index in [0.717, 1.165) is 16.6 Å². The molecule has 2 aromatic carbocycles. The normalized spacial score (nSPS) is 10.8. The number of amides is 2. The van der Waals surface area contributed by atoms with Crippen LogP contribution in [0.4, 0.5) is 4.79 Å². The third-order valence-corrected chi connectivity index (χ3v) is 4.14. The van der Waals surface area contributed by atoms with E-state index in [-0.39, 0.29) is 6.03 Å². The Kier molecular flexibility index (Phi) is 5.23.